The van der Waals surface area contributed by atoms with Gasteiger partial charge in [0.1, 0.15) is 0 Å². The Hall–Kier alpha value is -0.610. The first kappa shape index (κ1) is 13.5. The highest BCUT2D eigenvalue weighted by Gasteiger charge is 2.30. The van der Waals surface area contributed by atoms with E-state index in [4.69, 9.17) is 4.74 Å². The number of ether oxygens (including phenoxy) is 1. The topological polar surface area (TPSA) is 41.6 Å². The Morgan fingerprint density at radius 1 is 1.50 bits per heavy atom. The molecular weight excluding hydrogens is 204 g/mol. The maximum atomic E-state index is 12.1. The molecule has 1 fully saturated rings. The van der Waals surface area contributed by atoms with Crippen molar-refractivity contribution in [2.75, 3.05) is 39.4 Å². The first-order chi connectivity index (χ1) is 7.70. The molecule has 94 valence electrons. The van der Waals surface area contributed by atoms with E-state index in [0.29, 0.717) is 25.7 Å². The van der Waals surface area contributed by atoms with E-state index in [-0.39, 0.29) is 11.8 Å². The molecule has 16 heavy (non-hydrogen) atoms. The molecule has 0 aliphatic carbocycles. The van der Waals surface area contributed by atoms with E-state index in [1.807, 2.05) is 25.7 Å². The Morgan fingerprint density at radius 3 is 2.62 bits per heavy atom. The Labute approximate surface area is 98.3 Å². The van der Waals surface area contributed by atoms with Crippen LogP contribution in [0.1, 0.15) is 20.8 Å². The number of rotatable bonds is 7. The number of likely N-dealkylation sites (N-methyl/N-ethyl adjacent to an activating group) is 1. The molecule has 0 aromatic heterocycles. The van der Waals surface area contributed by atoms with Crippen molar-refractivity contribution in [3.63, 3.8) is 0 Å². The van der Waals surface area contributed by atoms with E-state index in [1.54, 1.807) is 0 Å². The molecule has 0 saturated carbocycles. The lowest BCUT2D eigenvalue weighted by atomic mass is 9.88. The molecule has 0 aromatic rings. The summed E-state index contributed by atoms with van der Waals surface area (Å²) in [5, 5.41) is 3.21. The lowest BCUT2D eigenvalue weighted by Gasteiger charge is -2.34. The van der Waals surface area contributed by atoms with Gasteiger partial charge in [0.05, 0.1) is 6.61 Å². The van der Waals surface area contributed by atoms with Crippen LogP contribution in [0.5, 0.6) is 0 Å². The van der Waals surface area contributed by atoms with E-state index in [1.165, 1.54) is 0 Å². The molecule has 1 aliphatic rings. The van der Waals surface area contributed by atoms with Crippen LogP contribution in [0.25, 0.3) is 0 Å². The highest BCUT2D eigenvalue weighted by Crippen LogP contribution is 2.18. The second kappa shape index (κ2) is 6.86. The molecule has 1 unspecified atom stereocenters. The molecule has 0 spiro atoms. The lowest BCUT2D eigenvalue weighted by Crippen LogP contribution is -2.50. The molecule has 1 atom stereocenters. The first-order valence-electron chi connectivity index (χ1n) is 6.27. The van der Waals surface area contributed by atoms with Crippen molar-refractivity contribution in [1.82, 2.24) is 10.2 Å². The van der Waals surface area contributed by atoms with Crippen molar-refractivity contribution in [1.29, 1.82) is 0 Å². The minimum Gasteiger partial charge on any atom is -0.380 e. The number of nitrogens with one attached hydrogen (secondary N) is 1. The van der Waals surface area contributed by atoms with E-state index >= 15 is 0 Å². The number of hydrogen-bond donors (Lipinski definition) is 1. The van der Waals surface area contributed by atoms with Crippen molar-refractivity contribution >= 4 is 5.91 Å². The fourth-order valence-corrected chi connectivity index (χ4v) is 1.90. The van der Waals surface area contributed by atoms with Crippen LogP contribution < -0.4 is 5.32 Å². The third kappa shape index (κ3) is 3.46. The van der Waals surface area contributed by atoms with Gasteiger partial charge in [-0.1, -0.05) is 6.92 Å². The van der Waals surface area contributed by atoms with Crippen molar-refractivity contribution < 1.29 is 9.53 Å². The van der Waals surface area contributed by atoms with Gasteiger partial charge in [0.15, 0.2) is 0 Å². The molecule has 0 radical (unpaired) electrons. The Morgan fingerprint density at radius 2 is 2.19 bits per heavy atom. The normalized spacial score (nSPS) is 17.9. The van der Waals surface area contributed by atoms with Crippen LogP contribution in [0.4, 0.5) is 0 Å². The quantitative estimate of drug-likeness (QED) is 0.653. The molecule has 4 nitrogen and oxygen atoms in total. The zero-order valence-corrected chi connectivity index (χ0v) is 10.7. The third-order valence-electron chi connectivity index (χ3n) is 3.31. The van der Waals surface area contributed by atoms with Gasteiger partial charge in [-0.05, 0) is 32.9 Å². The minimum absolute atomic E-state index is 0.142. The summed E-state index contributed by atoms with van der Waals surface area (Å²) < 4.78 is 5.29. The maximum absolute atomic E-state index is 12.1. The molecule has 1 amide bonds. The van der Waals surface area contributed by atoms with Gasteiger partial charge in [-0.15, -0.1) is 0 Å². The van der Waals surface area contributed by atoms with Crippen LogP contribution >= 0.6 is 0 Å². The average molecular weight is 228 g/mol. The fraction of sp³-hybridized carbons (Fsp3) is 0.917. The maximum Gasteiger partial charge on any atom is 0.225 e. The molecule has 4 heteroatoms. The number of amides is 1. The Balaban J connectivity index is 2.34. The van der Waals surface area contributed by atoms with Gasteiger partial charge in [-0.2, -0.15) is 0 Å². The minimum atomic E-state index is 0.142. The van der Waals surface area contributed by atoms with Gasteiger partial charge in [0, 0.05) is 25.6 Å². The van der Waals surface area contributed by atoms with Gasteiger partial charge < -0.3 is 15.0 Å². The highest BCUT2D eigenvalue weighted by molar-refractivity contribution is 5.79. The summed E-state index contributed by atoms with van der Waals surface area (Å²) in [5.41, 5.74) is 0. The van der Waals surface area contributed by atoms with Crippen molar-refractivity contribution in [3.8, 4) is 0 Å². The standard InChI is InChI=1S/C12H24N2O2/c1-4-14(6-7-16-5-2)12(15)10(3)11-8-13-9-11/h10-11,13H,4-9H2,1-3H3. The van der Waals surface area contributed by atoms with Gasteiger partial charge >= 0.3 is 0 Å². The SMILES string of the molecule is CCOCCN(CC)C(=O)C(C)C1CNC1. The van der Waals surface area contributed by atoms with Crippen LogP contribution in [0.15, 0.2) is 0 Å². The monoisotopic (exact) mass is 228 g/mol. The number of hydrogen-bond acceptors (Lipinski definition) is 3. The predicted octanol–water partition coefficient (Wildman–Crippen LogP) is 0.727. The Kier molecular flexibility index (Phi) is 5.77. The molecule has 0 aromatic carbocycles. The zero-order chi connectivity index (χ0) is 12.0. The Bertz CT molecular complexity index is 217. The predicted molar refractivity (Wildman–Crippen MR) is 64.3 cm³/mol. The molecule has 0 bridgehead atoms. The molecule has 1 heterocycles. The molecule has 1 aliphatic heterocycles. The van der Waals surface area contributed by atoms with Gasteiger partial charge in [-0.25, -0.2) is 0 Å². The zero-order valence-electron chi connectivity index (χ0n) is 10.7. The van der Waals surface area contributed by atoms with Crippen LogP contribution in [-0.4, -0.2) is 50.2 Å². The van der Waals surface area contributed by atoms with Gasteiger partial charge in [-0.3, -0.25) is 4.79 Å². The van der Waals surface area contributed by atoms with Crippen LogP contribution in [0, 0.1) is 11.8 Å². The fourth-order valence-electron chi connectivity index (χ4n) is 1.90. The number of carbonyl (C=O) groups is 1. The summed E-state index contributed by atoms with van der Waals surface area (Å²) in [6, 6.07) is 0. The average Bonchev–Trinajstić information content (AvgIpc) is 2.21. The van der Waals surface area contributed by atoms with Gasteiger partial charge in [0.25, 0.3) is 0 Å². The van der Waals surface area contributed by atoms with E-state index in [2.05, 4.69) is 5.32 Å². The van der Waals surface area contributed by atoms with Crippen LogP contribution in [-0.2, 0) is 9.53 Å². The summed E-state index contributed by atoms with van der Waals surface area (Å²) in [6.07, 6.45) is 0. The molecule has 1 N–H and O–H groups in total. The molecule has 1 rings (SSSR count). The third-order valence-corrected chi connectivity index (χ3v) is 3.31. The highest BCUT2D eigenvalue weighted by atomic mass is 16.5. The van der Waals surface area contributed by atoms with Crippen molar-refractivity contribution in [3.05, 3.63) is 0 Å². The summed E-state index contributed by atoms with van der Waals surface area (Å²) in [7, 11) is 0. The largest absolute Gasteiger partial charge is 0.380 e. The summed E-state index contributed by atoms with van der Waals surface area (Å²) in [5.74, 6) is 0.935. The lowest BCUT2D eigenvalue weighted by molar-refractivity contribution is -0.137. The van der Waals surface area contributed by atoms with E-state index in [0.717, 1.165) is 19.6 Å². The van der Waals surface area contributed by atoms with Crippen molar-refractivity contribution in [2.45, 2.75) is 20.8 Å². The number of nitrogens with zero attached hydrogens (tertiary/aromatic N) is 1. The van der Waals surface area contributed by atoms with Crippen LogP contribution in [0.2, 0.25) is 0 Å². The van der Waals surface area contributed by atoms with E-state index < -0.39 is 0 Å². The second-order valence-electron chi connectivity index (χ2n) is 4.32. The first-order valence-corrected chi connectivity index (χ1v) is 6.27. The summed E-state index contributed by atoms with van der Waals surface area (Å²) >= 11 is 0. The van der Waals surface area contributed by atoms with E-state index in [9.17, 15) is 4.79 Å². The molecular formula is C12H24N2O2. The van der Waals surface area contributed by atoms with Gasteiger partial charge in [0.2, 0.25) is 5.91 Å². The smallest absolute Gasteiger partial charge is 0.225 e. The second-order valence-corrected chi connectivity index (χ2v) is 4.32. The van der Waals surface area contributed by atoms with Crippen LogP contribution in [0.3, 0.4) is 0 Å². The molecule has 1 saturated heterocycles. The number of carbonyl (C=O) groups excluding carboxylic acids is 1. The summed E-state index contributed by atoms with van der Waals surface area (Å²) in [4.78, 5) is 14.0. The van der Waals surface area contributed by atoms with Crippen molar-refractivity contribution in [2.24, 2.45) is 11.8 Å². The summed E-state index contributed by atoms with van der Waals surface area (Å²) in [6.45, 7) is 10.9.